The van der Waals surface area contributed by atoms with Gasteiger partial charge in [0.2, 0.25) is 5.91 Å². The average Bonchev–Trinajstić information content (AvgIpc) is 3.08. The maximum absolute atomic E-state index is 12.4. The van der Waals surface area contributed by atoms with Crippen LogP contribution in [-0.4, -0.2) is 43.9 Å². The summed E-state index contributed by atoms with van der Waals surface area (Å²) in [6, 6.07) is 2.08. The van der Waals surface area contributed by atoms with Gasteiger partial charge in [0.05, 0.1) is 18.3 Å². The van der Waals surface area contributed by atoms with E-state index in [0.717, 1.165) is 42.9 Å². The zero-order chi connectivity index (χ0) is 14.8. The Hall–Kier alpha value is -2.11. The predicted octanol–water partition coefficient (Wildman–Crippen LogP) is 1.40. The SMILES string of the molecule is Cc1cc([C@@H]2CCCN(C(=O)Cc3cnn(C)c3)C2)n[nH]1. The van der Waals surface area contributed by atoms with Crippen LogP contribution < -0.4 is 0 Å². The van der Waals surface area contributed by atoms with E-state index < -0.39 is 0 Å². The van der Waals surface area contributed by atoms with Gasteiger partial charge in [0.1, 0.15) is 0 Å². The van der Waals surface area contributed by atoms with Crippen molar-refractivity contribution in [3.05, 3.63) is 35.4 Å². The second-order valence-corrected chi connectivity index (χ2v) is 5.85. The van der Waals surface area contributed by atoms with Gasteiger partial charge in [-0.15, -0.1) is 0 Å². The predicted molar refractivity (Wildman–Crippen MR) is 78.8 cm³/mol. The minimum atomic E-state index is 0.181. The molecule has 1 saturated heterocycles. The molecule has 0 radical (unpaired) electrons. The fraction of sp³-hybridized carbons (Fsp3) is 0.533. The fourth-order valence-corrected chi connectivity index (χ4v) is 2.94. The second kappa shape index (κ2) is 5.71. The van der Waals surface area contributed by atoms with Crippen molar-refractivity contribution in [2.24, 2.45) is 7.05 Å². The molecular formula is C15H21N5O. The monoisotopic (exact) mass is 287 g/mol. The van der Waals surface area contributed by atoms with Crippen LogP contribution in [0.5, 0.6) is 0 Å². The van der Waals surface area contributed by atoms with Crippen LogP contribution in [-0.2, 0) is 18.3 Å². The number of aromatic amines is 1. The first-order chi connectivity index (χ1) is 10.1. The number of carbonyl (C=O) groups excluding carboxylic acids is 1. The Morgan fingerprint density at radius 2 is 2.38 bits per heavy atom. The zero-order valence-electron chi connectivity index (χ0n) is 12.5. The molecule has 3 rings (SSSR count). The first kappa shape index (κ1) is 13.9. The molecule has 0 spiro atoms. The summed E-state index contributed by atoms with van der Waals surface area (Å²) in [5.41, 5.74) is 3.12. The lowest BCUT2D eigenvalue weighted by Crippen LogP contribution is -2.40. The van der Waals surface area contributed by atoms with E-state index >= 15 is 0 Å². The molecule has 0 bridgehead atoms. The summed E-state index contributed by atoms with van der Waals surface area (Å²) in [5.74, 6) is 0.529. The van der Waals surface area contributed by atoms with Gasteiger partial charge in [0, 0.05) is 37.9 Å². The highest BCUT2D eigenvalue weighted by atomic mass is 16.2. The zero-order valence-corrected chi connectivity index (χ0v) is 12.5. The number of nitrogens with zero attached hydrogens (tertiary/aromatic N) is 4. The van der Waals surface area contributed by atoms with Gasteiger partial charge < -0.3 is 4.90 Å². The highest BCUT2D eigenvalue weighted by Gasteiger charge is 2.26. The molecule has 1 aliphatic heterocycles. The summed E-state index contributed by atoms with van der Waals surface area (Å²) in [4.78, 5) is 14.4. The minimum absolute atomic E-state index is 0.181. The Kier molecular flexibility index (Phi) is 3.77. The molecule has 2 aromatic rings. The van der Waals surface area contributed by atoms with E-state index in [1.807, 2.05) is 25.1 Å². The number of H-pyrrole nitrogens is 1. The second-order valence-electron chi connectivity index (χ2n) is 5.85. The molecule has 1 amide bonds. The smallest absolute Gasteiger partial charge is 0.227 e. The van der Waals surface area contributed by atoms with Gasteiger partial charge >= 0.3 is 0 Å². The van der Waals surface area contributed by atoms with Crippen molar-refractivity contribution < 1.29 is 4.79 Å². The number of rotatable bonds is 3. The molecule has 2 aromatic heterocycles. The van der Waals surface area contributed by atoms with E-state index in [1.54, 1.807) is 10.9 Å². The van der Waals surface area contributed by atoms with Crippen molar-refractivity contribution in [2.75, 3.05) is 13.1 Å². The lowest BCUT2D eigenvalue weighted by atomic mass is 9.94. The molecule has 0 unspecified atom stereocenters. The number of hydrogen-bond donors (Lipinski definition) is 1. The molecular weight excluding hydrogens is 266 g/mol. The minimum Gasteiger partial charge on any atom is -0.342 e. The normalized spacial score (nSPS) is 19.0. The lowest BCUT2D eigenvalue weighted by molar-refractivity contribution is -0.131. The van der Waals surface area contributed by atoms with E-state index in [-0.39, 0.29) is 5.91 Å². The van der Waals surface area contributed by atoms with Gasteiger partial charge in [0.15, 0.2) is 0 Å². The topological polar surface area (TPSA) is 66.8 Å². The summed E-state index contributed by atoms with van der Waals surface area (Å²) >= 11 is 0. The van der Waals surface area contributed by atoms with Crippen molar-refractivity contribution in [1.82, 2.24) is 24.9 Å². The van der Waals surface area contributed by atoms with Crippen LogP contribution in [0.4, 0.5) is 0 Å². The molecule has 0 aliphatic carbocycles. The third kappa shape index (κ3) is 3.15. The molecule has 0 aromatic carbocycles. The highest BCUT2D eigenvalue weighted by molar-refractivity contribution is 5.78. The number of aryl methyl sites for hydroxylation is 2. The van der Waals surface area contributed by atoms with Crippen molar-refractivity contribution in [2.45, 2.75) is 32.1 Å². The van der Waals surface area contributed by atoms with Crippen LogP contribution in [0.3, 0.4) is 0 Å². The van der Waals surface area contributed by atoms with Crippen LogP contribution in [0.15, 0.2) is 18.5 Å². The van der Waals surface area contributed by atoms with Crippen molar-refractivity contribution >= 4 is 5.91 Å². The Morgan fingerprint density at radius 1 is 1.52 bits per heavy atom. The molecule has 1 N–H and O–H groups in total. The van der Waals surface area contributed by atoms with E-state index in [4.69, 9.17) is 0 Å². The maximum Gasteiger partial charge on any atom is 0.227 e. The molecule has 6 heteroatoms. The van der Waals surface area contributed by atoms with Gasteiger partial charge in [-0.25, -0.2) is 0 Å². The van der Waals surface area contributed by atoms with Crippen LogP contribution in [0.1, 0.15) is 35.7 Å². The van der Waals surface area contributed by atoms with Gasteiger partial charge in [0.25, 0.3) is 0 Å². The summed E-state index contributed by atoms with van der Waals surface area (Å²) < 4.78 is 1.73. The summed E-state index contributed by atoms with van der Waals surface area (Å²) in [6.07, 6.45) is 6.23. The number of piperidine rings is 1. The summed E-state index contributed by atoms with van der Waals surface area (Å²) in [6.45, 7) is 3.62. The largest absolute Gasteiger partial charge is 0.342 e. The first-order valence-electron chi connectivity index (χ1n) is 7.39. The van der Waals surface area contributed by atoms with Crippen LogP contribution in [0, 0.1) is 6.92 Å². The number of nitrogens with one attached hydrogen (secondary N) is 1. The van der Waals surface area contributed by atoms with Crippen molar-refractivity contribution in [1.29, 1.82) is 0 Å². The molecule has 1 fully saturated rings. The van der Waals surface area contributed by atoms with Crippen LogP contribution in [0.25, 0.3) is 0 Å². The molecule has 21 heavy (non-hydrogen) atoms. The Balaban J connectivity index is 1.64. The standard InChI is InChI=1S/C15H21N5O/c1-11-6-14(18-17-11)13-4-3-5-20(10-13)15(21)7-12-8-16-19(2)9-12/h6,8-9,13H,3-5,7,10H2,1-2H3,(H,17,18)/t13-/m1/s1. The van der Waals surface area contributed by atoms with Gasteiger partial charge in [-0.05, 0) is 31.4 Å². The quantitative estimate of drug-likeness (QED) is 0.928. The average molecular weight is 287 g/mol. The van der Waals surface area contributed by atoms with E-state index in [9.17, 15) is 4.79 Å². The number of likely N-dealkylation sites (tertiary alicyclic amines) is 1. The molecule has 0 saturated carbocycles. The number of amides is 1. The van der Waals surface area contributed by atoms with Gasteiger partial charge in [-0.3, -0.25) is 14.6 Å². The Labute approximate surface area is 124 Å². The first-order valence-corrected chi connectivity index (χ1v) is 7.39. The van der Waals surface area contributed by atoms with E-state index in [1.165, 1.54) is 0 Å². The Morgan fingerprint density at radius 3 is 3.05 bits per heavy atom. The van der Waals surface area contributed by atoms with Crippen molar-refractivity contribution in [3.63, 3.8) is 0 Å². The lowest BCUT2D eigenvalue weighted by Gasteiger charge is -2.32. The summed E-state index contributed by atoms with van der Waals surface area (Å²) in [5, 5.41) is 11.4. The number of hydrogen-bond acceptors (Lipinski definition) is 3. The molecule has 112 valence electrons. The van der Waals surface area contributed by atoms with Gasteiger partial charge in [-0.2, -0.15) is 10.2 Å². The summed E-state index contributed by atoms with van der Waals surface area (Å²) in [7, 11) is 1.87. The Bertz CT molecular complexity index is 630. The molecule has 3 heterocycles. The maximum atomic E-state index is 12.4. The van der Waals surface area contributed by atoms with Crippen molar-refractivity contribution in [3.8, 4) is 0 Å². The van der Waals surface area contributed by atoms with Crippen LogP contribution >= 0.6 is 0 Å². The van der Waals surface area contributed by atoms with E-state index in [0.29, 0.717) is 12.3 Å². The van der Waals surface area contributed by atoms with E-state index in [2.05, 4.69) is 21.4 Å². The number of aromatic nitrogens is 4. The van der Waals surface area contributed by atoms with Crippen LogP contribution in [0.2, 0.25) is 0 Å². The molecule has 6 nitrogen and oxygen atoms in total. The molecule has 1 atom stereocenters. The number of carbonyl (C=O) groups is 1. The fourth-order valence-electron chi connectivity index (χ4n) is 2.94. The van der Waals surface area contributed by atoms with Gasteiger partial charge in [-0.1, -0.05) is 0 Å². The molecule has 1 aliphatic rings. The highest BCUT2D eigenvalue weighted by Crippen LogP contribution is 2.26. The third-order valence-electron chi connectivity index (χ3n) is 4.03. The third-order valence-corrected chi connectivity index (χ3v) is 4.03.